The number of hydrogen-bond acceptors (Lipinski definition) is 4. The second kappa shape index (κ2) is 7.29. The largest absolute Gasteiger partial charge is 0.489 e. The maximum atomic E-state index is 10.5. The van der Waals surface area contributed by atoms with Gasteiger partial charge in [0.25, 0.3) is 0 Å². The van der Waals surface area contributed by atoms with Gasteiger partial charge in [0.15, 0.2) is 0 Å². The molecule has 0 bridgehead atoms. The van der Waals surface area contributed by atoms with Gasteiger partial charge in [0, 0.05) is 18.7 Å². The topological polar surface area (TPSA) is 54.6 Å². The van der Waals surface area contributed by atoms with Crippen LogP contribution in [0.1, 0.15) is 24.0 Å². The summed E-state index contributed by atoms with van der Waals surface area (Å²) in [6.45, 7) is 8.70. The number of aliphatic hydroxyl groups is 1. The fraction of sp³-hybridized carbons (Fsp3) is 0.333. The van der Waals surface area contributed by atoms with Crippen LogP contribution in [0.2, 0.25) is 0 Å². The Bertz CT molecular complexity index is 616. The van der Waals surface area contributed by atoms with Crippen LogP contribution in [0, 0.1) is 6.92 Å². The molecule has 1 aromatic carbocycles. The summed E-state index contributed by atoms with van der Waals surface area (Å²) in [6, 6.07) is 11.5. The van der Waals surface area contributed by atoms with Crippen LogP contribution in [0.15, 0.2) is 53.5 Å². The van der Waals surface area contributed by atoms with Crippen molar-refractivity contribution in [1.29, 1.82) is 0 Å². The van der Waals surface area contributed by atoms with Gasteiger partial charge in [-0.2, -0.15) is 0 Å². The molecule has 1 aromatic heterocycles. The van der Waals surface area contributed by atoms with Gasteiger partial charge in [-0.1, -0.05) is 30.9 Å². The quantitative estimate of drug-likeness (QED) is 0.735. The van der Waals surface area contributed by atoms with E-state index in [1.54, 1.807) is 19.1 Å². The first-order valence-electron chi connectivity index (χ1n) is 7.34. The molecular weight excluding hydrogens is 278 g/mol. The highest BCUT2D eigenvalue weighted by molar-refractivity contribution is 5.33. The predicted molar refractivity (Wildman–Crippen MR) is 86.9 cm³/mol. The molecule has 0 radical (unpaired) electrons. The Labute approximate surface area is 131 Å². The minimum atomic E-state index is -1.05. The van der Waals surface area contributed by atoms with Gasteiger partial charge in [-0.05, 0) is 32.0 Å². The molecule has 1 unspecified atom stereocenters. The lowest BCUT2D eigenvalue weighted by Crippen LogP contribution is -2.34. The van der Waals surface area contributed by atoms with E-state index in [1.807, 2.05) is 37.3 Å². The molecule has 1 heterocycles. The molecule has 4 nitrogen and oxygen atoms in total. The molecule has 0 aliphatic rings. The molecule has 22 heavy (non-hydrogen) atoms. The number of ether oxygens (including phenoxy) is 1. The van der Waals surface area contributed by atoms with Gasteiger partial charge >= 0.3 is 0 Å². The van der Waals surface area contributed by atoms with E-state index in [4.69, 9.17) is 9.15 Å². The van der Waals surface area contributed by atoms with Crippen molar-refractivity contribution >= 4 is 0 Å². The molecule has 1 atom stereocenters. The highest BCUT2D eigenvalue weighted by Gasteiger charge is 2.26. The van der Waals surface area contributed by atoms with Crippen LogP contribution < -0.4 is 10.1 Å². The summed E-state index contributed by atoms with van der Waals surface area (Å²) in [6.07, 6.45) is 1.72. The molecule has 0 saturated heterocycles. The number of furan rings is 1. The standard InChI is InChI=1S/C18H23NO3/c1-4-11-21-16-8-6-5-7-15(16)12-19-13-18(3,20)17-10-9-14(2)22-17/h4-10,19-20H,1,11-13H2,2-3H3. The van der Waals surface area contributed by atoms with Crippen molar-refractivity contribution in [2.75, 3.05) is 13.2 Å². The summed E-state index contributed by atoms with van der Waals surface area (Å²) in [5.41, 5.74) is -0.0127. The van der Waals surface area contributed by atoms with Gasteiger partial charge in [-0.15, -0.1) is 0 Å². The first-order valence-corrected chi connectivity index (χ1v) is 7.34. The number of rotatable bonds is 8. The Morgan fingerprint density at radius 2 is 2.09 bits per heavy atom. The number of hydrogen-bond donors (Lipinski definition) is 2. The van der Waals surface area contributed by atoms with Crippen molar-refractivity contribution < 1.29 is 14.3 Å². The van der Waals surface area contributed by atoms with E-state index in [0.717, 1.165) is 17.1 Å². The summed E-state index contributed by atoms with van der Waals surface area (Å²) in [7, 11) is 0. The third-order valence-electron chi connectivity index (χ3n) is 3.39. The first-order chi connectivity index (χ1) is 10.5. The monoisotopic (exact) mass is 301 g/mol. The Balaban J connectivity index is 1.94. The zero-order chi connectivity index (χ0) is 16.0. The van der Waals surface area contributed by atoms with E-state index >= 15 is 0 Å². The van der Waals surface area contributed by atoms with Crippen LogP contribution in [0.5, 0.6) is 5.75 Å². The summed E-state index contributed by atoms with van der Waals surface area (Å²) in [5, 5.41) is 13.7. The summed E-state index contributed by atoms with van der Waals surface area (Å²) >= 11 is 0. The lowest BCUT2D eigenvalue weighted by Gasteiger charge is -2.21. The fourth-order valence-corrected chi connectivity index (χ4v) is 2.19. The molecule has 0 saturated carbocycles. The van der Waals surface area contributed by atoms with Crippen molar-refractivity contribution in [3.05, 3.63) is 66.1 Å². The van der Waals surface area contributed by atoms with Crippen molar-refractivity contribution in [2.24, 2.45) is 0 Å². The minimum Gasteiger partial charge on any atom is -0.489 e. The van der Waals surface area contributed by atoms with E-state index in [9.17, 15) is 5.11 Å². The van der Waals surface area contributed by atoms with Gasteiger partial charge in [0.05, 0.1) is 0 Å². The van der Waals surface area contributed by atoms with E-state index < -0.39 is 5.60 Å². The fourth-order valence-electron chi connectivity index (χ4n) is 2.19. The van der Waals surface area contributed by atoms with Crippen molar-refractivity contribution in [3.63, 3.8) is 0 Å². The summed E-state index contributed by atoms with van der Waals surface area (Å²) in [4.78, 5) is 0. The molecule has 2 rings (SSSR count). The highest BCUT2D eigenvalue weighted by atomic mass is 16.5. The van der Waals surface area contributed by atoms with Gasteiger partial charge in [-0.25, -0.2) is 0 Å². The first kappa shape index (κ1) is 16.3. The zero-order valence-corrected chi connectivity index (χ0v) is 13.1. The van der Waals surface area contributed by atoms with Gasteiger partial charge < -0.3 is 19.6 Å². The van der Waals surface area contributed by atoms with Crippen molar-refractivity contribution in [1.82, 2.24) is 5.32 Å². The Morgan fingerprint density at radius 1 is 1.32 bits per heavy atom. The molecule has 0 aliphatic carbocycles. The highest BCUT2D eigenvalue weighted by Crippen LogP contribution is 2.23. The zero-order valence-electron chi connectivity index (χ0n) is 13.1. The second-order valence-electron chi connectivity index (χ2n) is 5.50. The van der Waals surface area contributed by atoms with E-state index in [0.29, 0.717) is 25.5 Å². The van der Waals surface area contributed by atoms with Crippen molar-refractivity contribution in [2.45, 2.75) is 26.0 Å². The number of benzene rings is 1. The maximum absolute atomic E-state index is 10.5. The van der Waals surface area contributed by atoms with E-state index in [2.05, 4.69) is 11.9 Å². The molecule has 0 spiro atoms. The van der Waals surface area contributed by atoms with Crippen LogP contribution in [0.3, 0.4) is 0 Å². The molecule has 0 aliphatic heterocycles. The molecule has 0 fully saturated rings. The van der Waals surface area contributed by atoms with E-state index in [-0.39, 0.29) is 0 Å². The Hall–Kier alpha value is -2.04. The molecule has 2 N–H and O–H groups in total. The molecule has 4 heteroatoms. The van der Waals surface area contributed by atoms with Crippen LogP contribution in [0.4, 0.5) is 0 Å². The normalized spacial score (nSPS) is 13.6. The van der Waals surface area contributed by atoms with Crippen LogP contribution in [0.25, 0.3) is 0 Å². The molecule has 0 amide bonds. The SMILES string of the molecule is C=CCOc1ccccc1CNCC(C)(O)c1ccc(C)o1. The third-order valence-corrected chi connectivity index (χ3v) is 3.39. The number of para-hydroxylation sites is 1. The lowest BCUT2D eigenvalue weighted by atomic mass is 10.0. The molecule has 118 valence electrons. The smallest absolute Gasteiger partial charge is 0.136 e. The number of aryl methyl sites for hydroxylation is 1. The minimum absolute atomic E-state index is 0.385. The average Bonchev–Trinajstić information content (AvgIpc) is 2.93. The van der Waals surface area contributed by atoms with Gasteiger partial charge in [-0.3, -0.25) is 0 Å². The van der Waals surface area contributed by atoms with Crippen LogP contribution in [-0.2, 0) is 12.1 Å². The lowest BCUT2D eigenvalue weighted by molar-refractivity contribution is 0.0332. The van der Waals surface area contributed by atoms with Crippen LogP contribution >= 0.6 is 0 Å². The van der Waals surface area contributed by atoms with E-state index in [1.165, 1.54) is 0 Å². The van der Waals surface area contributed by atoms with Crippen LogP contribution in [-0.4, -0.2) is 18.3 Å². The third kappa shape index (κ3) is 4.23. The Morgan fingerprint density at radius 3 is 2.77 bits per heavy atom. The average molecular weight is 301 g/mol. The second-order valence-corrected chi connectivity index (χ2v) is 5.50. The molecule has 2 aromatic rings. The summed E-state index contributed by atoms with van der Waals surface area (Å²) in [5.74, 6) is 2.18. The van der Waals surface area contributed by atoms with Gasteiger partial charge in [0.2, 0.25) is 0 Å². The molecular formula is C18H23NO3. The maximum Gasteiger partial charge on any atom is 0.136 e. The Kier molecular flexibility index (Phi) is 5.41. The van der Waals surface area contributed by atoms with Gasteiger partial charge in [0.1, 0.15) is 29.5 Å². The summed E-state index contributed by atoms with van der Waals surface area (Å²) < 4.78 is 11.1. The van der Waals surface area contributed by atoms with Crippen molar-refractivity contribution in [3.8, 4) is 5.75 Å². The number of nitrogens with one attached hydrogen (secondary N) is 1. The predicted octanol–water partition coefficient (Wildman–Crippen LogP) is 3.15.